The summed E-state index contributed by atoms with van der Waals surface area (Å²) in [7, 11) is 0. The molecule has 1 heterocycles. The third kappa shape index (κ3) is 3.58. The number of hydrogen-bond acceptors (Lipinski definition) is 3. The summed E-state index contributed by atoms with van der Waals surface area (Å²) in [5.41, 5.74) is 8.23. The van der Waals surface area contributed by atoms with Crippen molar-refractivity contribution in [3.63, 3.8) is 0 Å². The quantitative estimate of drug-likeness (QED) is 0.841. The molecule has 1 unspecified atom stereocenters. The molecule has 0 aromatic heterocycles. The van der Waals surface area contributed by atoms with Gasteiger partial charge < -0.3 is 15.4 Å². The highest BCUT2D eigenvalue weighted by molar-refractivity contribution is 5.94. The van der Waals surface area contributed by atoms with Crippen LogP contribution >= 0.6 is 0 Å². The van der Waals surface area contributed by atoms with Crippen LogP contribution in [0.5, 0.6) is 0 Å². The number of nitrogens with two attached hydrogens (primary N) is 1. The van der Waals surface area contributed by atoms with Gasteiger partial charge in [-0.15, -0.1) is 0 Å². The van der Waals surface area contributed by atoms with Crippen LogP contribution in [0.3, 0.4) is 0 Å². The summed E-state index contributed by atoms with van der Waals surface area (Å²) in [6, 6.07) is 7.99. The highest BCUT2D eigenvalue weighted by Crippen LogP contribution is 2.31. The molecule has 0 saturated carbocycles. The summed E-state index contributed by atoms with van der Waals surface area (Å²) in [6.07, 6.45) is 3.28. The van der Waals surface area contributed by atoms with E-state index in [2.05, 4.69) is 6.92 Å². The number of para-hydroxylation sites is 1. The van der Waals surface area contributed by atoms with Gasteiger partial charge >= 0.3 is 0 Å². The number of carbonyl (C=O) groups is 1. The van der Waals surface area contributed by atoms with Gasteiger partial charge in [-0.25, -0.2) is 0 Å². The highest BCUT2D eigenvalue weighted by atomic mass is 16.5. The largest absolute Gasteiger partial charge is 0.381 e. The molecule has 1 atom stereocenters. The Morgan fingerprint density at radius 3 is 3.00 bits per heavy atom. The average Bonchev–Trinajstić information content (AvgIpc) is 2.63. The van der Waals surface area contributed by atoms with E-state index in [1.807, 2.05) is 29.2 Å². The maximum absolute atomic E-state index is 12.4. The Morgan fingerprint density at radius 2 is 2.20 bits per heavy atom. The van der Waals surface area contributed by atoms with E-state index in [0.717, 1.165) is 43.7 Å². The van der Waals surface area contributed by atoms with Crippen molar-refractivity contribution in [1.82, 2.24) is 0 Å². The number of nitrogens with zero attached hydrogens (tertiary/aromatic N) is 1. The predicted molar refractivity (Wildman–Crippen MR) is 80.7 cm³/mol. The van der Waals surface area contributed by atoms with Crippen LogP contribution in [0.1, 0.15) is 44.2 Å². The number of anilines is 1. The smallest absolute Gasteiger partial charge is 0.229 e. The zero-order valence-corrected chi connectivity index (χ0v) is 12.2. The zero-order valence-electron chi connectivity index (χ0n) is 12.2. The van der Waals surface area contributed by atoms with E-state index in [0.29, 0.717) is 13.0 Å². The predicted octanol–water partition coefficient (Wildman–Crippen LogP) is 2.63. The fourth-order valence-electron chi connectivity index (χ4n) is 2.59. The lowest BCUT2D eigenvalue weighted by Crippen LogP contribution is -2.32. The first-order valence-corrected chi connectivity index (χ1v) is 7.46. The first kappa shape index (κ1) is 15.0. The molecule has 2 N–H and O–H groups in total. The SMILES string of the molecule is CCCOCCC(=O)N1CCCC(N)c2ccccc21. The number of ether oxygens (including phenoxy) is 1. The number of hydrogen-bond donors (Lipinski definition) is 1. The van der Waals surface area contributed by atoms with Crippen LogP contribution in [0.15, 0.2) is 24.3 Å². The Balaban J connectivity index is 2.07. The minimum atomic E-state index is 0.0281. The van der Waals surface area contributed by atoms with Crippen molar-refractivity contribution < 1.29 is 9.53 Å². The summed E-state index contributed by atoms with van der Waals surface area (Å²) >= 11 is 0. The van der Waals surface area contributed by atoms with Gasteiger partial charge in [0.05, 0.1) is 13.0 Å². The van der Waals surface area contributed by atoms with Crippen molar-refractivity contribution in [2.75, 3.05) is 24.7 Å². The van der Waals surface area contributed by atoms with Crippen LogP contribution in [0.4, 0.5) is 5.69 Å². The van der Waals surface area contributed by atoms with Gasteiger partial charge in [0, 0.05) is 24.9 Å². The number of benzene rings is 1. The first-order chi connectivity index (χ1) is 9.74. The van der Waals surface area contributed by atoms with E-state index in [-0.39, 0.29) is 11.9 Å². The van der Waals surface area contributed by atoms with Crippen LogP contribution < -0.4 is 10.6 Å². The molecule has 0 aliphatic carbocycles. The summed E-state index contributed by atoms with van der Waals surface area (Å²) in [4.78, 5) is 14.3. The second-order valence-electron chi connectivity index (χ2n) is 5.22. The lowest BCUT2D eigenvalue weighted by atomic mass is 10.0. The molecular weight excluding hydrogens is 252 g/mol. The molecule has 0 spiro atoms. The standard InChI is InChI=1S/C16H24N2O2/c1-2-11-20-12-9-16(19)18-10-5-7-14(17)13-6-3-4-8-15(13)18/h3-4,6,8,14H,2,5,7,9-12,17H2,1H3. The van der Waals surface area contributed by atoms with Crippen molar-refractivity contribution in [3.05, 3.63) is 29.8 Å². The molecule has 0 saturated heterocycles. The maximum atomic E-state index is 12.4. The maximum Gasteiger partial charge on any atom is 0.229 e. The van der Waals surface area contributed by atoms with E-state index in [4.69, 9.17) is 10.5 Å². The van der Waals surface area contributed by atoms with Gasteiger partial charge in [0.1, 0.15) is 0 Å². The molecule has 2 rings (SSSR count). The number of rotatable bonds is 5. The lowest BCUT2D eigenvalue weighted by Gasteiger charge is -2.23. The number of amides is 1. The molecule has 4 nitrogen and oxygen atoms in total. The Morgan fingerprint density at radius 1 is 1.40 bits per heavy atom. The Hall–Kier alpha value is -1.39. The fraction of sp³-hybridized carbons (Fsp3) is 0.562. The number of carbonyl (C=O) groups excluding carboxylic acids is 1. The molecule has 1 aliphatic heterocycles. The van der Waals surface area contributed by atoms with Crippen molar-refractivity contribution in [2.24, 2.45) is 5.73 Å². The highest BCUT2D eigenvalue weighted by Gasteiger charge is 2.23. The van der Waals surface area contributed by atoms with Crippen LogP contribution in [-0.4, -0.2) is 25.7 Å². The van der Waals surface area contributed by atoms with Gasteiger partial charge in [-0.3, -0.25) is 4.79 Å². The molecule has 1 amide bonds. The van der Waals surface area contributed by atoms with Gasteiger partial charge in [0.15, 0.2) is 0 Å². The van der Waals surface area contributed by atoms with E-state index in [9.17, 15) is 4.79 Å². The van der Waals surface area contributed by atoms with Gasteiger partial charge in [-0.05, 0) is 30.9 Å². The topological polar surface area (TPSA) is 55.6 Å². The second kappa shape index (κ2) is 7.41. The van der Waals surface area contributed by atoms with Crippen LogP contribution in [0.2, 0.25) is 0 Å². The molecule has 110 valence electrons. The molecule has 0 radical (unpaired) electrons. The molecular formula is C16H24N2O2. The summed E-state index contributed by atoms with van der Waals surface area (Å²) in [6.45, 7) is 4.03. The van der Waals surface area contributed by atoms with Gasteiger partial charge in [0.2, 0.25) is 5.91 Å². The minimum Gasteiger partial charge on any atom is -0.381 e. The normalized spacial score (nSPS) is 18.5. The Labute approximate surface area is 120 Å². The van der Waals surface area contributed by atoms with Gasteiger partial charge in [0.25, 0.3) is 0 Å². The summed E-state index contributed by atoms with van der Waals surface area (Å²) in [5.74, 6) is 0.127. The Kier molecular flexibility index (Phi) is 5.56. The van der Waals surface area contributed by atoms with Gasteiger partial charge in [-0.2, -0.15) is 0 Å². The van der Waals surface area contributed by atoms with Gasteiger partial charge in [-0.1, -0.05) is 25.1 Å². The molecule has 1 aliphatic rings. The minimum absolute atomic E-state index is 0.0281. The van der Waals surface area contributed by atoms with E-state index in [1.165, 1.54) is 0 Å². The van der Waals surface area contributed by atoms with Crippen LogP contribution in [0.25, 0.3) is 0 Å². The van der Waals surface area contributed by atoms with E-state index < -0.39 is 0 Å². The third-order valence-electron chi connectivity index (χ3n) is 3.63. The number of fused-ring (bicyclic) bond motifs is 1. The van der Waals surface area contributed by atoms with Crippen molar-refractivity contribution in [3.8, 4) is 0 Å². The fourth-order valence-corrected chi connectivity index (χ4v) is 2.59. The molecule has 0 fully saturated rings. The second-order valence-corrected chi connectivity index (χ2v) is 5.22. The molecule has 1 aromatic carbocycles. The summed E-state index contributed by atoms with van der Waals surface area (Å²) < 4.78 is 5.41. The molecule has 4 heteroatoms. The summed E-state index contributed by atoms with van der Waals surface area (Å²) in [5, 5.41) is 0. The molecule has 0 bridgehead atoms. The lowest BCUT2D eigenvalue weighted by molar-refractivity contribution is -0.119. The van der Waals surface area contributed by atoms with Crippen molar-refractivity contribution >= 4 is 11.6 Å². The van der Waals surface area contributed by atoms with Crippen LogP contribution in [0, 0.1) is 0 Å². The van der Waals surface area contributed by atoms with Crippen molar-refractivity contribution in [1.29, 1.82) is 0 Å². The van der Waals surface area contributed by atoms with Crippen molar-refractivity contribution in [2.45, 2.75) is 38.6 Å². The Bertz CT molecular complexity index is 448. The van der Waals surface area contributed by atoms with E-state index >= 15 is 0 Å². The molecule has 20 heavy (non-hydrogen) atoms. The molecule has 1 aromatic rings. The third-order valence-corrected chi connectivity index (χ3v) is 3.63. The van der Waals surface area contributed by atoms with Crippen LogP contribution in [-0.2, 0) is 9.53 Å². The average molecular weight is 276 g/mol. The van der Waals surface area contributed by atoms with E-state index in [1.54, 1.807) is 0 Å². The zero-order chi connectivity index (χ0) is 14.4. The monoisotopic (exact) mass is 276 g/mol. The first-order valence-electron chi connectivity index (χ1n) is 7.46.